The maximum absolute atomic E-state index is 2.75. The molecule has 2 atom stereocenters. The first-order valence-corrected chi connectivity index (χ1v) is 6.23. The van der Waals surface area contributed by atoms with Crippen molar-refractivity contribution in [3.8, 4) is 0 Å². The number of hydrogen-bond acceptors (Lipinski definition) is 0. The first-order valence-electron chi connectivity index (χ1n) is 3.42. The molecule has 1 aromatic carbocycles. The standard InChI is InChI=1S/C8H12P2/c1-2-7-3-5-8(10-9)6-4-7/h3-6,10H,2,9H2,1H3. The summed E-state index contributed by atoms with van der Waals surface area (Å²) in [6, 6.07) is 8.80. The van der Waals surface area contributed by atoms with E-state index in [2.05, 4.69) is 40.1 Å². The van der Waals surface area contributed by atoms with E-state index in [1.54, 1.807) is 0 Å². The van der Waals surface area contributed by atoms with Gasteiger partial charge in [-0.3, -0.25) is 0 Å². The molecule has 54 valence electrons. The summed E-state index contributed by atoms with van der Waals surface area (Å²) in [6.45, 7) is 2.18. The fourth-order valence-corrected chi connectivity index (χ4v) is 1.77. The van der Waals surface area contributed by atoms with Crippen LogP contribution in [0.5, 0.6) is 0 Å². The third kappa shape index (κ3) is 2.04. The Hall–Kier alpha value is 0.0800. The molecule has 0 heterocycles. The molecule has 0 bridgehead atoms. The highest BCUT2D eigenvalue weighted by Crippen LogP contribution is 2.18. The molecule has 0 fully saturated rings. The number of hydrogen-bond donors (Lipinski definition) is 0. The second kappa shape index (κ2) is 4.06. The van der Waals surface area contributed by atoms with Gasteiger partial charge in [-0.25, -0.2) is 0 Å². The molecule has 0 amide bonds. The van der Waals surface area contributed by atoms with Crippen LogP contribution in [-0.2, 0) is 6.42 Å². The van der Waals surface area contributed by atoms with Gasteiger partial charge in [0, 0.05) is 0 Å². The summed E-state index contributed by atoms with van der Waals surface area (Å²) in [6.07, 6.45) is 1.14. The van der Waals surface area contributed by atoms with Crippen molar-refractivity contribution in [1.82, 2.24) is 0 Å². The van der Waals surface area contributed by atoms with Crippen molar-refractivity contribution in [2.24, 2.45) is 0 Å². The highest BCUT2D eigenvalue weighted by atomic mass is 32.0. The van der Waals surface area contributed by atoms with Crippen molar-refractivity contribution in [1.29, 1.82) is 0 Å². The maximum Gasteiger partial charge on any atom is -0.0233 e. The van der Waals surface area contributed by atoms with E-state index in [4.69, 9.17) is 0 Å². The number of benzene rings is 1. The largest absolute Gasteiger partial charge is 0.110 e. The first kappa shape index (κ1) is 8.18. The van der Waals surface area contributed by atoms with Crippen molar-refractivity contribution in [2.75, 3.05) is 0 Å². The van der Waals surface area contributed by atoms with Gasteiger partial charge in [0.15, 0.2) is 0 Å². The van der Waals surface area contributed by atoms with E-state index in [0.29, 0.717) is 0 Å². The normalized spacial score (nSPS) is 11.0. The van der Waals surface area contributed by atoms with E-state index < -0.39 is 0 Å². The van der Waals surface area contributed by atoms with Crippen LogP contribution in [0.2, 0.25) is 0 Å². The average Bonchev–Trinajstić information content (AvgIpc) is 2.05. The Morgan fingerprint density at radius 2 is 1.90 bits per heavy atom. The molecular formula is C8H12P2. The van der Waals surface area contributed by atoms with Crippen molar-refractivity contribution < 1.29 is 0 Å². The summed E-state index contributed by atoms with van der Waals surface area (Å²) in [5.74, 6) is 0. The van der Waals surface area contributed by atoms with Gasteiger partial charge in [-0.1, -0.05) is 39.5 Å². The number of aryl methyl sites for hydroxylation is 1. The van der Waals surface area contributed by atoms with Crippen LogP contribution in [0.25, 0.3) is 0 Å². The molecule has 0 radical (unpaired) electrons. The molecule has 0 aliphatic rings. The lowest BCUT2D eigenvalue weighted by atomic mass is 10.2. The minimum Gasteiger partial charge on any atom is -0.110 e. The Bertz CT molecular complexity index is 168. The molecule has 0 saturated heterocycles. The molecule has 1 aromatic rings. The van der Waals surface area contributed by atoms with Crippen LogP contribution in [-0.4, -0.2) is 0 Å². The topological polar surface area (TPSA) is 0 Å². The molecule has 0 spiro atoms. The second-order valence-electron chi connectivity index (χ2n) is 2.19. The van der Waals surface area contributed by atoms with Gasteiger partial charge in [0.1, 0.15) is 0 Å². The Kier molecular flexibility index (Phi) is 3.32. The average molecular weight is 170 g/mol. The highest BCUT2D eigenvalue weighted by Gasteiger charge is 1.88. The Morgan fingerprint density at radius 3 is 2.30 bits per heavy atom. The van der Waals surface area contributed by atoms with Crippen molar-refractivity contribution >= 4 is 22.5 Å². The van der Waals surface area contributed by atoms with E-state index in [1.807, 2.05) is 0 Å². The fraction of sp³-hybridized carbons (Fsp3) is 0.250. The zero-order valence-electron chi connectivity index (χ0n) is 6.09. The molecule has 1 rings (SSSR count). The van der Waals surface area contributed by atoms with Gasteiger partial charge in [-0.05, 0) is 17.3 Å². The molecule has 0 N–H and O–H groups in total. The molecule has 0 aliphatic carbocycles. The lowest BCUT2D eigenvalue weighted by Gasteiger charge is -1.97. The smallest absolute Gasteiger partial charge is 0.0233 e. The van der Waals surface area contributed by atoms with Gasteiger partial charge in [0.2, 0.25) is 0 Å². The molecular weight excluding hydrogens is 158 g/mol. The number of rotatable bonds is 2. The zero-order valence-corrected chi connectivity index (χ0v) is 8.25. The van der Waals surface area contributed by atoms with Gasteiger partial charge in [0.25, 0.3) is 0 Å². The lowest BCUT2D eigenvalue weighted by Crippen LogP contribution is -1.90. The van der Waals surface area contributed by atoms with Crippen LogP contribution in [0.15, 0.2) is 24.3 Å². The lowest BCUT2D eigenvalue weighted by molar-refractivity contribution is 1.14. The van der Waals surface area contributed by atoms with E-state index in [9.17, 15) is 0 Å². The minimum atomic E-state index is 0.844. The highest BCUT2D eigenvalue weighted by molar-refractivity contribution is 8.06. The molecule has 0 aromatic heterocycles. The van der Waals surface area contributed by atoms with Crippen LogP contribution in [0, 0.1) is 0 Å². The molecule has 10 heavy (non-hydrogen) atoms. The molecule has 0 saturated carbocycles. The van der Waals surface area contributed by atoms with Gasteiger partial charge in [0.05, 0.1) is 0 Å². The van der Waals surface area contributed by atoms with E-state index in [0.717, 1.165) is 14.7 Å². The molecule has 2 unspecified atom stereocenters. The van der Waals surface area contributed by atoms with Crippen LogP contribution in [0.3, 0.4) is 0 Å². The third-order valence-corrected chi connectivity index (χ3v) is 3.20. The Balaban J connectivity index is 2.80. The predicted octanol–water partition coefficient (Wildman–Crippen LogP) is 2.34. The molecule has 0 nitrogen and oxygen atoms in total. The minimum absolute atomic E-state index is 0.844. The second-order valence-corrected chi connectivity index (χ2v) is 3.93. The molecule has 0 aliphatic heterocycles. The van der Waals surface area contributed by atoms with Gasteiger partial charge >= 0.3 is 0 Å². The van der Waals surface area contributed by atoms with Crippen LogP contribution < -0.4 is 5.30 Å². The van der Waals surface area contributed by atoms with Gasteiger partial charge in [-0.15, -0.1) is 8.93 Å². The summed E-state index contributed by atoms with van der Waals surface area (Å²) in [5.41, 5.74) is 1.42. The van der Waals surface area contributed by atoms with E-state index >= 15 is 0 Å². The van der Waals surface area contributed by atoms with Crippen LogP contribution in [0.4, 0.5) is 0 Å². The predicted molar refractivity (Wildman–Crippen MR) is 53.5 cm³/mol. The van der Waals surface area contributed by atoms with Crippen molar-refractivity contribution in [3.63, 3.8) is 0 Å². The SMILES string of the molecule is CCc1ccc(PP)cc1. The zero-order chi connectivity index (χ0) is 7.40. The van der Waals surface area contributed by atoms with Crippen LogP contribution in [0.1, 0.15) is 12.5 Å². The summed E-state index contributed by atoms with van der Waals surface area (Å²) in [7, 11) is 3.60. The first-order chi connectivity index (χ1) is 4.86. The van der Waals surface area contributed by atoms with Gasteiger partial charge < -0.3 is 0 Å². The third-order valence-electron chi connectivity index (χ3n) is 1.53. The Labute approximate surface area is 66.3 Å². The summed E-state index contributed by atoms with van der Waals surface area (Å²) in [5, 5.41) is 1.42. The quantitative estimate of drug-likeness (QED) is 0.597. The monoisotopic (exact) mass is 170 g/mol. The van der Waals surface area contributed by atoms with Crippen molar-refractivity contribution in [3.05, 3.63) is 29.8 Å². The van der Waals surface area contributed by atoms with Crippen LogP contribution >= 0.6 is 17.2 Å². The van der Waals surface area contributed by atoms with Crippen molar-refractivity contribution in [2.45, 2.75) is 13.3 Å². The fourth-order valence-electron chi connectivity index (χ4n) is 0.837. The molecule has 2 heteroatoms. The van der Waals surface area contributed by atoms with E-state index in [1.165, 1.54) is 10.9 Å². The Morgan fingerprint density at radius 1 is 1.30 bits per heavy atom. The van der Waals surface area contributed by atoms with Gasteiger partial charge in [-0.2, -0.15) is 0 Å². The maximum atomic E-state index is 2.75. The van der Waals surface area contributed by atoms with E-state index in [-0.39, 0.29) is 0 Å². The summed E-state index contributed by atoms with van der Waals surface area (Å²) >= 11 is 0. The summed E-state index contributed by atoms with van der Waals surface area (Å²) in [4.78, 5) is 0. The summed E-state index contributed by atoms with van der Waals surface area (Å²) < 4.78 is 0.